The molecule has 0 bridgehead atoms. The largest absolute Gasteiger partial charge is 0.384 e. The van der Waals surface area contributed by atoms with Gasteiger partial charge in [-0.2, -0.15) is 5.10 Å². The quantitative estimate of drug-likeness (QED) is 0.646. The number of rotatable bonds is 4. The lowest BCUT2D eigenvalue weighted by Gasteiger charge is -2.20. The fourth-order valence-electron chi connectivity index (χ4n) is 2.33. The van der Waals surface area contributed by atoms with Gasteiger partial charge in [0, 0.05) is 20.6 Å². The third kappa shape index (κ3) is 2.59. The number of anilines is 1. The van der Waals surface area contributed by atoms with Gasteiger partial charge in [-0.3, -0.25) is 10.1 Å². The van der Waals surface area contributed by atoms with Gasteiger partial charge in [0.15, 0.2) is 0 Å². The molecule has 0 radical (unpaired) electrons. The van der Waals surface area contributed by atoms with Crippen LogP contribution in [-0.2, 0) is 13.6 Å². The smallest absolute Gasteiger partial charge is 0.137 e. The summed E-state index contributed by atoms with van der Waals surface area (Å²) in [6.45, 7) is 2.62. The van der Waals surface area contributed by atoms with Crippen LogP contribution in [-0.4, -0.2) is 22.7 Å². The van der Waals surface area contributed by atoms with Gasteiger partial charge in [-0.25, -0.2) is 0 Å². The first kappa shape index (κ1) is 13.1. The molecule has 0 aliphatic carbocycles. The lowest BCUT2D eigenvalue weighted by molar-refractivity contribution is 0.726. The predicted molar refractivity (Wildman–Crippen MR) is 77.5 cm³/mol. The second-order valence-electron chi connectivity index (χ2n) is 4.66. The molecule has 0 fully saturated rings. The highest BCUT2D eigenvalue weighted by Gasteiger charge is 2.19. The van der Waals surface area contributed by atoms with E-state index in [9.17, 15) is 0 Å². The molecule has 0 spiro atoms. The Kier molecular flexibility index (Phi) is 3.55. The molecule has 3 N–H and O–H groups in total. The number of amidine groups is 1. The van der Waals surface area contributed by atoms with E-state index in [1.807, 2.05) is 39.2 Å². The van der Waals surface area contributed by atoms with Crippen molar-refractivity contribution in [2.45, 2.75) is 13.5 Å². The Morgan fingerprint density at radius 1 is 1.37 bits per heavy atom. The van der Waals surface area contributed by atoms with Crippen molar-refractivity contribution in [3.63, 3.8) is 0 Å². The number of aromatic nitrogens is 2. The van der Waals surface area contributed by atoms with Gasteiger partial charge in [-0.15, -0.1) is 0 Å². The van der Waals surface area contributed by atoms with Gasteiger partial charge in [0.05, 0.1) is 11.3 Å². The maximum absolute atomic E-state index is 7.70. The van der Waals surface area contributed by atoms with Gasteiger partial charge in [-0.05, 0) is 12.5 Å². The topological polar surface area (TPSA) is 70.9 Å². The minimum atomic E-state index is 0.0560. The Labute approximate surface area is 113 Å². The number of aryl methyl sites for hydroxylation is 2. The number of hydrogen-bond donors (Lipinski definition) is 2. The van der Waals surface area contributed by atoms with E-state index in [1.165, 1.54) is 5.56 Å². The van der Waals surface area contributed by atoms with Crippen LogP contribution in [0.2, 0.25) is 0 Å². The molecule has 5 heteroatoms. The Hall–Kier alpha value is -2.30. The van der Waals surface area contributed by atoms with Gasteiger partial charge >= 0.3 is 0 Å². The summed E-state index contributed by atoms with van der Waals surface area (Å²) in [5.74, 6) is 0.925. The van der Waals surface area contributed by atoms with Crippen LogP contribution in [0, 0.1) is 12.3 Å². The predicted octanol–water partition coefficient (Wildman–Crippen LogP) is 1.65. The summed E-state index contributed by atoms with van der Waals surface area (Å²) in [5.41, 5.74) is 8.36. The molecule has 1 aromatic heterocycles. The second kappa shape index (κ2) is 5.14. The number of nitrogen functional groups attached to an aromatic ring is 1. The highest BCUT2D eigenvalue weighted by Crippen LogP contribution is 2.23. The molecule has 1 heterocycles. The average molecular weight is 257 g/mol. The van der Waals surface area contributed by atoms with Crippen LogP contribution in [0.3, 0.4) is 0 Å². The molecule has 0 amide bonds. The highest BCUT2D eigenvalue weighted by molar-refractivity contribution is 6.00. The second-order valence-corrected chi connectivity index (χ2v) is 4.66. The Bertz CT molecular complexity index is 585. The summed E-state index contributed by atoms with van der Waals surface area (Å²) in [6.07, 6.45) is 0. The third-order valence-corrected chi connectivity index (χ3v) is 3.09. The number of nitrogens with two attached hydrogens (primary N) is 1. The molecule has 2 rings (SSSR count). The fraction of sp³-hybridized carbons (Fsp3) is 0.286. The maximum atomic E-state index is 7.70. The van der Waals surface area contributed by atoms with E-state index in [2.05, 4.69) is 22.1 Å². The number of nitrogens with zero attached hydrogens (tertiary/aromatic N) is 3. The molecule has 100 valence electrons. The highest BCUT2D eigenvalue weighted by atomic mass is 15.4. The first-order valence-electron chi connectivity index (χ1n) is 6.13. The SMILES string of the molecule is Cc1nn(C)c(N(C)Cc2ccccc2)c1C(=N)N. The summed E-state index contributed by atoms with van der Waals surface area (Å²) in [6, 6.07) is 10.2. The van der Waals surface area contributed by atoms with E-state index in [1.54, 1.807) is 4.68 Å². The first-order chi connectivity index (χ1) is 9.00. The molecular formula is C14H19N5. The Morgan fingerprint density at radius 2 is 2.00 bits per heavy atom. The van der Waals surface area contributed by atoms with Crippen molar-refractivity contribution in [3.8, 4) is 0 Å². The Morgan fingerprint density at radius 3 is 2.58 bits per heavy atom. The van der Waals surface area contributed by atoms with E-state index >= 15 is 0 Å². The van der Waals surface area contributed by atoms with Crippen molar-refractivity contribution >= 4 is 11.7 Å². The van der Waals surface area contributed by atoms with Crippen LogP contribution in [0.25, 0.3) is 0 Å². The van der Waals surface area contributed by atoms with Crippen LogP contribution >= 0.6 is 0 Å². The third-order valence-electron chi connectivity index (χ3n) is 3.09. The molecule has 1 aromatic carbocycles. The van der Waals surface area contributed by atoms with Crippen LogP contribution in [0.15, 0.2) is 30.3 Å². The zero-order chi connectivity index (χ0) is 14.0. The number of hydrogen-bond acceptors (Lipinski definition) is 3. The zero-order valence-electron chi connectivity index (χ0n) is 11.5. The summed E-state index contributed by atoms with van der Waals surface area (Å²) in [5, 5.41) is 12.1. The van der Waals surface area contributed by atoms with Gasteiger partial charge in [0.2, 0.25) is 0 Å². The van der Waals surface area contributed by atoms with Crippen LogP contribution in [0.4, 0.5) is 5.82 Å². The van der Waals surface area contributed by atoms with E-state index in [4.69, 9.17) is 11.1 Å². The van der Waals surface area contributed by atoms with Crippen molar-refractivity contribution in [3.05, 3.63) is 47.2 Å². The molecule has 5 nitrogen and oxygen atoms in total. The molecule has 0 aliphatic heterocycles. The number of nitrogens with one attached hydrogen (secondary N) is 1. The van der Waals surface area contributed by atoms with Gasteiger partial charge in [0.25, 0.3) is 0 Å². The summed E-state index contributed by atoms with van der Waals surface area (Å²) in [7, 11) is 3.85. The zero-order valence-corrected chi connectivity index (χ0v) is 11.5. The Balaban J connectivity index is 2.34. The van der Waals surface area contributed by atoms with Crippen molar-refractivity contribution < 1.29 is 0 Å². The summed E-state index contributed by atoms with van der Waals surface area (Å²) >= 11 is 0. The lowest BCUT2D eigenvalue weighted by atomic mass is 10.2. The fourth-order valence-corrected chi connectivity index (χ4v) is 2.33. The van der Waals surface area contributed by atoms with Crippen LogP contribution in [0.5, 0.6) is 0 Å². The van der Waals surface area contributed by atoms with Gasteiger partial charge in [-0.1, -0.05) is 30.3 Å². The molecule has 0 saturated heterocycles. The summed E-state index contributed by atoms with van der Waals surface area (Å²) < 4.78 is 1.77. The van der Waals surface area contributed by atoms with Crippen molar-refractivity contribution in [2.24, 2.45) is 12.8 Å². The summed E-state index contributed by atoms with van der Waals surface area (Å²) in [4.78, 5) is 2.06. The van der Waals surface area contributed by atoms with E-state index < -0.39 is 0 Å². The molecule has 0 aliphatic rings. The van der Waals surface area contributed by atoms with Crippen LogP contribution < -0.4 is 10.6 Å². The van der Waals surface area contributed by atoms with E-state index in [0.717, 1.165) is 18.1 Å². The lowest BCUT2D eigenvalue weighted by Crippen LogP contribution is -2.23. The molecular weight excluding hydrogens is 238 g/mol. The maximum Gasteiger partial charge on any atom is 0.137 e. The van der Waals surface area contributed by atoms with Crippen molar-refractivity contribution in [1.82, 2.24) is 9.78 Å². The first-order valence-corrected chi connectivity index (χ1v) is 6.13. The van der Waals surface area contributed by atoms with Crippen molar-refractivity contribution in [2.75, 3.05) is 11.9 Å². The average Bonchev–Trinajstić information content (AvgIpc) is 2.65. The molecule has 2 aromatic rings. The van der Waals surface area contributed by atoms with Gasteiger partial charge in [0.1, 0.15) is 11.7 Å². The van der Waals surface area contributed by atoms with Crippen LogP contribution in [0.1, 0.15) is 16.8 Å². The number of benzene rings is 1. The molecule has 0 saturated carbocycles. The van der Waals surface area contributed by atoms with Gasteiger partial charge < -0.3 is 10.6 Å². The normalized spacial score (nSPS) is 10.5. The molecule has 19 heavy (non-hydrogen) atoms. The van der Waals surface area contributed by atoms with Crippen molar-refractivity contribution in [1.29, 1.82) is 5.41 Å². The molecule has 0 unspecified atom stereocenters. The van der Waals surface area contributed by atoms with E-state index in [0.29, 0.717) is 5.56 Å². The standard InChI is InChI=1S/C14H19N5/c1-10-12(13(15)16)14(19(3)17-10)18(2)9-11-7-5-4-6-8-11/h4-8H,9H2,1-3H3,(H3,15,16). The molecule has 0 atom stereocenters. The minimum Gasteiger partial charge on any atom is -0.384 e. The van der Waals surface area contributed by atoms with E-state index in [-0.39, 0.29) is 5.84 Å². The monoisotopic (exact) mass is 257 g/mol. The minimum absolute atomic E-state index is 0.0560.